The molecule has 1 aliphatic rings. The summed E-state index contributed by atoms with van der Waals surface area (Å²) in [7, 11) is 0. The van der Waals surface area contributed by atoms with Crippen molar-refractivity contribution >= 4 is 28.5 Å². The second kappa shape index (κ2) is 4.09. The van der Waals surface area contributed by atoms with E-state index in [1.165, 1.54) is 4.90 Å². The topological polar surface area (TPSA) is 82.5 Å². The van der Waals surface area contributed by atoms with E-state index in [4.69, 9.17) is 5.11 Å². The van der Waals surface area contributed by atoms with Crippen LogP contribution in [0, 0.1) is 6.92 Å². The Labute approximate surface area is 95.9 Å². The van der Waals surface area contributed by atoms with Crippen LogP contribution in [0.4, 0.5) is 9.93 Å². The minimum atomic E-state index is -1.00. The molecule has 1 aliphatic heterocycles. The van der Waals surface area contributed by atoms with Crippen LogP contribution in [0.2, 0.25) is 0 Å². The van der Waals surface area contributed by atoms with Gasteiger partial charge in [0, 0.05) is 13.1 Å². The lowest BCUT2D eigenvalue weighted by molar-refractivity contribution is 0.0701. The highest BCUT2D eigenvalue weighted by Gasteiger charge is 2.24. The van der Waals surface area contributed by atoms with Gasteiger partial charge in [0.2, 0.25) is 0 Å². The second-order valence-electron chi connectivity index (χ2n) is 3.45. The summed E-state index contributed by atoms with van der Waals surface area (Å²) in [5.41, 5.74) is 0.450. The van der Waals surface area contributed by atoms with Gasteiger partial charge >= 0.3 is 12.0 Å². The van der Waals surface area contributed by atoms with Crippen molar-refractivity contribution in [3.8, 4) is 0 Å². The Kier molecular flexibility index (Phi) is 2.78. The zero-order valence-corrected chi connectivity index (χ0v) is 9.50. The molecule has 0 radical (unpaired) electrons. The smallest absolute Gasteiger partial charge is 0.347 e. The number of aromatic carboxylic acids is 1. The van der Waals surface area contributed by atoms with E-state index in [-0.39, 0.29) is 10.9 Å². The molecular weight excluding hydrogens is 230 g/mol. The molecule has 2 rings (SSSR count). The second-order valence-corrected chi connectivity index (χ2v) is 4.43. The molecule has 0 spiro atoms. The highest BCUT2D eigenvalue weighted by molar-refractivity contribution is 7.17. The summed E-state index contributed by atoms with van der Waals surface area (Å²) in [6.07, 6.45) is 0.840. The molecule has 0 aliphatic carbocycles. The Hall–Kier alpha value is -1.63. The van der Waals surface area contributed by atoms with Gasteiger partial charge in [-0.2, -0.15) is 0 Å². The molecule has 2 amide bonds. The standard InChI is InChI=1S/C9H11N3O3S/c1-5-6(7(13)14)16-9(11-5)12-4-2-3-10-8(12)15/h2-4H2,1H3,(H,10,15)(H,13,14). The van der Waals surface area contributed by atoms with E-state index in [2.05, 4.69) is 10.3 Å². The molecule has 1 aromatic heterocycles. The number of rotatable bonds is 2. The van der Waals surface area contributed by atoms with E-state index in [1.807, 2.05) is 0 Å². The zero-order chi connectivity index (χ0) is 11.7. The van der Waals surface area contributed by atoms with E-state index in [0.717, 1.165) is 17.8 Å². The lowest BCUT2D eigenvalue weighted by atomic mass is 10.3. The number of carbonyl (C=O) groups is 2. The van der Waals surface area contributed by atoms with Gasteiger partial charge in [0.25, 0.3) is 0 Å². The lowest BCUT2D eigenvalue weighted by Crippen LogP contribution is -2.46. The zero-order valence-electron chi connectivity index (χ0n) is 8.69. The number of anilines is 1. The maximum absolute atomic E-state index is 11.5. The van der Waals surface area contributed by atoms with Gasteiger partial charge in [-0.25, -0.2) is 14.6 Å². The number of aryl methyl sites for hydroxylation is 1. The van der Waals surface area contributed by atoms with Crippen LogP contribution in [-0.2, 0) is 0 Å². The molecule has 6 nitrogen and oxygen atoms in total. The first kappa shape index (κ1) is 10.9. The number of carboxylic acid groups (broad SMARTS) is 1. The summed E-state index contributed by atoms with van der Waals surface area (Å²) >= 11 is 1.03. The number of nitrogens with zero attached hydrogens (tertiary/aromatic N) is 2. The van der Waals surface area contributed by atoms with Gasteiger partial charge in [0.1, 0.15) is 4.88 Å². The van der Waals surface area contributed by atoms with E-state index < -0.39 is 5.97 Å². The number of aromatic nitrogens is 1. The molecule has 0 unspecified atom stereocenters. The normalized spacial score (nSPS) is 16.1. The van der Waals surface area contributed by atoms with Crippen LogP contribution in [0.25, 0.3) is 0 Å². The molecule has 0 bridgehead atoms. The molecular formula is C9H11N3O3S. The first-order chi connectivity index (χ1) is 7.59. The number of hydrogen-bond acceptors (Lipinski definition) is 4. The SMILES string of the molecule is Cc1nc(N2CCCNC2=O)sc1C(=O)O. The summed E-state index contributed by atoms with van der Waals surface area (Å²) in [6, 6.07) is -0.211. The fourth-order valence-electron chi connectivity index (χ4n) is 1.51. The van der Waals surface area contributed by atoms with E-state index in [9.17, 15) is 9.59 Å². The van der Waals surface area contributed by atoms with Gasteiger partial charge in [-0.05, 0) is 13.3 Å². The van der Waals surface area contributed by atoms with E-state index >= 15 is 0 Å². The number of thiazole rings is 1. The van der Waals surface area contributed by atoms with Crippen molar-refractivity contribution in [3.05, 3.63) is 10.6 Å². The van der Waals surface area contributed by atoms with Gasteiger partial charge in [-0.1, -0.05) is 11.3 Å². The van der Waals surface area contributed by atoms with Crippen LogP contribution >= 0.6 is 11.3 Å². The summed E-state index contributed by atoms with van der Waals surface area (Å²) < 4.78 is 0. The van der Waals surface area contributed by atoms with Crippen LogP contribution < -0.4 is 10.2 Å². The number of carboxylic acids is 1. The van der Waals surface area contributed by atoms with Gasteiger partial charge in [-0.15, -0.1) is 0 Å². The summed E-state index contributed by atoms with van der Waals surface area (Å²) in [4.78, 5) is 28.1. The highest BCUT2D eigenvalue weighted by atomic mass is 32.1. The number of carbonyl (C=O) groups excluding carboxylic acids is 1. The Bertz CT molecular complexity index is 443. The van der Waals surface area contributed by atoms with E-state index in [1.54, 1.807) is 6.92 Å². The minimum absolute atomic E-state index is 0.188. The maximum atomic E-state index is 11.5. The van der Waals surface area contributed by atoms with Gasteiger partial charge < -0.3 is 10.4 Å². The van der Waals surface area contributed by atoms with Crippen LogP contribution in [-0.4, -0.2) is 35.2 Å². The third kappa shape index (κ3) is 1.85. The Morgan fingerprint density at radius 3 is 2.94 bits per heavy atom. The molecule has 1 fully saturated rings. The Morgan fingerprint density at radius 2 is 2.38 bits per heavy atom. The van der Waals surface area contributed by atoms with Crippen molar-refractivity contribution < 1.29 is 14.7 Å². The van der Waals surface area contributed by atoms with Crippen molar-refractivity contribution in [2.75, 3.05) is 18.0 Å². The lowest BCUT2D eigenvalue weighted by Gasteiger charge is -2.24. The maximum Gasteiger partial charge on any atom is 0.347 e. The first-order valence-electron chi connectivity index (χ1n) is 4.85. The largest absolute Gasteiger partial charge is 0.477 e. The average Bonchev–Trinajstić information content (AvgIpc) is 2.61. The molecule has 1 aromatic rings. The molecule has 0 aromatic carbocycles. The molecule has 0 saturated carbocycles. The van der Waals surface area contributed by atoms with Crippen LogP contribution in [0.1, 0.15) is 21.8 Å². The third-order valence-electron chi connectivity index (χ3n) is 2.29. The van der Waals surface area contributed by atoms with Crippen molar-refractivity contribution in [3.63, 3.8) is 0 Å². The van der Waals surface area contributed by atoms with Crippen molar-refractivity contribution in [2.45, 2.75) is 13.3 Å². The molecule has 86 valence electrons. The predicted octanol–water partition coefficient (Wildman–Crippen LogP) is 1.07. The average molecular weight is 241 g/mol. The van der Waals surface area contributed by atoms with Crippen molar-refractivity contribution in [1.82, 2.24) is 10.3 Å². The summed E-state index contributed by atoms with van der Waals surface area (Å²) in [5.74, 6) is -1.00. The van der Waals surface area contributed by atoms with E-state index in [0.29, 0.717) is 23.9 Å². The first-order valence-corrected chi connectivity index (χ1v) is 5.67. The number of hydrogen-bond donors (Lipinski definition) is 2. The van der Waals surface area contributed by atoms with Crippen molar-refractivity contribution in [2.24, 2.45) is 0 Å². The Morgan fingerprint density at radius 1 is 1.62 bits per heavy atom. The summed E-state index contributed by atoms with van der Waals surface area (Å²) in [5, 5.41) is 12.0. The Balaban J connectivity index is 2.29. The van der Waals surface area contributed by atoms with Gasteiger partial charge in [0.15, 0.2) is 5.13 Å². The fourth-order valence-corrected chi connectivity index (χ4v) is 2.44. The predicted molar refractivity (Wildman–Crippen MR) is 59.2 cm³/mol. The third-order valence-corrected chi connectivity index (χ3v) is 3.46. The number of nitrogens with one attached hydrogen (secondary N) is 1. The van der Waals surface area contributed by atoms with Crippen molar-refractivity contribution in [1.29, 1.82) is 0 Å². The van der Waals surface area contributed by atoms with Gasteiger partial charge in [0.05, 0.1) is 5.69 Å². The molecule has 7 heteroatoms. The van der Waals surface area contributed by atoms with Crippen LogP contribution in [0.3, 0.4) is 0 Å². The van der Waals surface area contributed by atoms with Crippen LogP contribution in [0.15, 0.2) is 0 Å². The quantitative estimate of drug-likeness (QED) is 0.811. The molecule has 16 heavy (non-hydrogen) atoms. The fraction of sp³-hybridized carbons (Fsp3) is 0.444. The van der Waals surface area contributed by atoms with Crippen LogP contribution in [0.5, 0.6) is 0 Å². The number of urea groups is 1. The molecule has 0 atom stereocenters. The summed E-state index contributed by atoms with van der Waals surface area (Å²) in [6.45, 7) is 2.87. The van der Waals surface area contributed by atoms with Gasteiger partial charge in [-0.3, -0.25) is 4.90 Å². The molecule has 1 saturated heterocycles. The molecule has 2 N–H and O–H groups in total. The highest BCUT2D eigenvalue weighted by Crippen LogP contribution is 2.26. The minimum Gasteiger partial charge on any atom is -0.477 e. The monoisotopic (exact) mass is 241 g/mol. The number of amides is 2. The molecule has 2 heterocycles.